The van der Waals surface area contributed by atoms with Gasteiger partial charge in [0.2, 0.25) is 0 Å². The molecular weight excluding hydrogens is 366 g/mol. The Hall–Kier alpha value is -0.800. The largest absolute Gasteiger partial charge is 0.375 e. The third kappa shape index (κ3) is 18.0. The van der Waals surface area contributed by atoms with Gasteiger partial charge < -0.3 is 9.80 Å². The molecule has 3 rings (SSSR count). The monoisotopic (exact) mass is 425 g/mol. The van der Waals surface area contributed by atoms with E-state index in [-0.39, 0.29) is 0 Å². The summed E-state index contributed by atoms with van der Waals surface area (Å²) < 4.78 is 0. The van der Waals surface area contributed by atoms with Crippen LogP contribution in [0.3, 0.4) is 0 Å². The van der Waals surface area contributed by atoms with E-state index in [2.05, 4.69) is 80.7 Å². The second kappa shape index (κ2) is 24.5. The lowest BCUT2D eigenvalue weighted by atomic mass is 10.3. The van der Waals surface area contributed by atoms with Crippen LogP contribution in [0.15, 0.2) is 24.4 Å². The molecule has 0 saturated carbocycles. The van der Waals surface area contributed by atoms with Gasteiger partial charge in [-0.1, -0.05) is 59.8 Å². The Kier molecular flexibility index (Phi) is 27.6. The summed E-state index contributed by atoms with van der Waals surface area (Å²) in [6, 6.07) is 2.18. The van der Waals surface area contributed by atoms with Gasteiger partial charge in [-0.2, -0.15) is 0 Å². The molecule has 1 fully saturated rings. The van der Waals surface area contributed by atoms with Crippen LogP contribution < -0.4 is 0 Å². The smallest absolute Gasteiger partial charge is 0.0227 e. The molecule has 0 bridgehead atoms. The van der Waals surface area contributed by atoms with Crippen molar-refractivity contribution in [3.63, 3.8) is 0 Å². The van der Waals surface area contributed by atoms with Gasteiger partial charge in [0.15, 0.2) is 0 Å². The van der Waals surface area contributed by atoms with Crippen LogP contribution in [0, 0.1) is 0 Å². The molecule has 3 heterocycles. The molecule has 1 saturated heterocycles. The van der Waals surface area contributed by atoms with Gasteiger partial charge in [0, 0.05) is 37.8 Å². The molecule has 0 aromatic heterocycles. The topological polar surface area (TPSA) is 9.72 Å². The van der Waals surface area contributed by atoms with E-state index in [1.165, 1.54) is 38.9 Å². The number of nitrogens with zero attached hydrogens (tertiary/aromatic N) is 3. The van der Waals surface area contributed by atoms with E-state index in [0.717, 1.165) is 19.1 Å². The second-order valence-electron chi connectivity index (χ2n) is 7.86. The van der Waals surface area contributed by atoms with Crippen molar-refractivity contribution < 1.29 is 0 Å². The Labute approximate surface area is 192 Å². The molecule has 3 heteroatoms. The van der Waals surface area contributed by atoms with E-state index in [4.69, 9.17) is 0 Å². The number of likely N-dealkylation sites (tertiary alicyclic amines) is 1. The van der Waals surface area contributed by atoms with E-state index in [9.17, 15) is 0 Å². The normalized spacial score (nSPS) is 17.2. The molecule has 3 nitrogen and oxygen atoms in total. The molecule has 0 atom stereocenters. The van der Waals surface area contributed by atoms with Crippen LogP contribution in [-0.4, -0.2) is 65.5 Å². The van der Waals surface area contributed by atoms with Crippen molar-refractivity contribution in [2.24, 2.45) is 0 Å². The highest BCUT2D eigenvalue weighted by molar-refractivity contribution is 4.96. The fourth-order valence-corrected chi connectivity index (χ4v) is 3.11. The van der Waals surface area contributed by atoms with Crippen LogP contribution in [0.1, 0.15) is 102 Å². The van der Waals surface area contributed by atoms with Crippen LogP contribution >= 0.6 is 0 Å². The highest BCUT2D eigenvalue weighted by Crippen LogP contribution is 2.10. The first-order chi connectivity index (χ1) is 14.4. The lowest BCUT2D eigenvalue weighted by molar-refractivity contribution is 0.276. The summed E-state index contributed by atoms with van der Waals surface area (Å²) in [5, 5.41) is 0. The Morgan fingerprint density at radius 3 is 1.17 bits per heavy atom. The molecule has 0 amide bonds. The Bertz CT molecular complexity index is 352. The van der Waals surface area contributed by atoms with Gasteiger partial charge >= 0.3 is 0 Å². The summed E-state index contributed by atoms with van der Waals surface area (Å²) in [6.07, 6.45) is 12.9. The highest BCUT2D eigenvalue weighted by Gasteiger charge is 2.13. The van der Waals surface area contributed by atoms with E-state index in [0.29, 0.717) is 12.1 Å². The Morgan fingerprint density at radius 1 is 0.533 bits per heavy atom. The van der Waals surface area contributed by atoms with Crippen molar-refractivity contribution in [1.82, 2.24) is 14.7 Å². The van der Waals surface area contributed by atoms with Gasteiger partial charge in [-0.15, -0.1) is 0 Å². The maximum Gasteiger partial charge on any atom is 0.0227 e. The first-order valence-electron chi connectivity index (χ1n) is 13.0. The Balaban J connectivity index is -0.000000323. The van der Waals surface area contributed by atoms with Crippen molar-refractivity contribution in [1.29, 1.82) is 0 Å². The number of hydrogen-bond acceptors (Lipinski definition) is 3. The highest BCUT2D eigenvalue weighted by atomic mass is 15.2. The van der Waals surface area contributed by atoms with Crippen molar-refractivity contribution in [3.8, 4) is 0 Å². The summed E-state index contributed by atoms with van der Waals surface area (Å²) in [7, 11) is 0. The van der Waals surface area contributed by atoms with Gasteiger partial charge in [0.25, 0.3) is 0 Å². The van der Waals surface area contributed by atoms with E-state index >= 15 is 0 Å². The molecule has 0 aliphatic carbocycles. The summed E-state index contributed by atoms with van der Waals surface area (Å²) >= 11 is 0. The maximum absolute atomic E-state index is 2.53. The first kappa shape index (κ1) is 33.8. The van der Waals surface area contributed by atoms with Crippen molar-refractivity contribution in [2.45, 2.75) is 120 Å². The fourth-order valence-electron chi connectivity index (χ4n) is 3.11. The Morgan fingerprint density at radius 2 is 0.967 bits per heavy atom. The average Bonchev–Trinajstić information content (AvgIpc) is 3.56. The minimum Gasteiger partial charge on any atom is -0.375 e. The van der Waals surface area contributed by atoms with Crippen LogP contribution in [0.5, 0.6) is 0 Å². The number of rotatable bonds is 3. The average molecular weight is 426 g/mol. The zero-order valence-electron chi connectivity index (χ0n) is 23.0. The van der Waals surface area contributed by atoms with Crippen molar-refractivity contribution >= 4 is 0 Å². The number of hydrogen-bond donors (Lipinski definition) is 0. The predicted molar refractivity (Wildman–Crippen MR) is 141 cm³/mol. The molecule has 182 valence electrons. The molecule has 3 aliphatic rings. The van der Waals surface area contributed by atoms with E-state index in [1.54, 1.807) is 0 Å². The fraction of sp³-hybridized carbons (Fsp3) is 0.852. The third-order valence-corrected chi connectivity index (χ3v) is 4.96. The molecule has 0 aromatic carbocycles. The lowest BCUT2D eigenvalue weighted by Gasteiger charge is -2.19. The van der Waals surface area contributed by atoms with Gasteiger partial charge in [-0.05, 0) is 80.1 Å². The van der Waals surface area contributed by atoms with Crippen LogP contribution in [0.4, 0.5) is 0 Å². The standard InChI is InChI=1S/C7H15N.2C7H13N.3C2H6/c3*1-7(2)8-5-3-4-6-8;3*1-2/h7H,3-6H2,1-2H3;3,5,7H,4,6H2,1-2H3;3-4,7H,5-6H2,1-2H3;3*1-2H3. The first-order valence-corrected chi connectivity index (χ1v) is 13.0. The third-order valence-electron chi connectivity index (χ3n) is 4.96. The minimum atomic E-state index is 0.689. The second-order valence-corrected chi connectivity index (χ2v) is 7.86. The quantitative estimate of drug-likeness (QED) is 0.435. The summed E-state index contributed by atoms with van der Waals surface area (Å²) in [4.78, 5) is 7.29. The molecule has 0 aromatic rings. The van der Waals surface area contributed by atoms with Gasteiger partial charge in [-0.25, -0.2) is 0 Å². The molecule has 0 N–H and O–H groups in total. The van der Waals surface area contributed by atoms with Gasteiger partial charge in [0.05, 0.1) is 0 Å². The molecule has 0 unspecified atom stereocenters. The molecule has 30 heavy (non-hydrogen) atoms. The van der Waals surface area contributed by atoms with Crippen LogP contribution in [-0.2, 0) is 0 Å². The van der Waals surface area contributed by atoms with Gasteiger partial charge in [0.1, 0.15) is 0 Å². The zero-order chi connectivity index (χ0) is 23.9. The van der Waals surface area contributed by atoms with E-state index in [1.807, 2.05) is 41.5 Å². The van der Waals surface area contributed by atoms with Crippen LogP contribution in [0.2, 0.25) is 0 Å². The maximum atomic E-state index is 2.53. The van der Waals surface area contributed by atoms with E-state index < -0.39 is 0 Å². The summed E-state index contributed by atoms with van der Waals surface area (Å²) in [5.41, 5.74) is 0. The predicted octanol–water partition coefficient (Wildman–Crippen LogP) is 7.45. The SMILES string of the molecule is CC.CC.CC.CC(C)N1C=CCC1.CC(C)N1CC=CC1.CC(C)N1CCCC1. The molecular formula is C27H59N3. The molecule has 3 aliphatic heterocycles. The lowest BCUT2D eigenvalue weighted by Crippen LogP contribution is -2.27. The summed E-state index contributed by atoms with van der Waals surface area (Å²) in [5.74, 6) is 0. The molecule has 0 radical (unpaired) electrons. The van der Waals surface area contributed by atoms with Crippen molar-refractivity contribution in [2.75, 3.05) is 32.7 Å². The minimum absolute atomic E-state index is 0.689. The van der Waals surface area contributed by atoms with Crippen LogP contribution in [0.25, 0.3) is 0 Å². The van der Waals surface area contributed by atoms with Crippen molar-refractivity contribution in [3.05, 3.63) is 24.4 Å². The summed E-state index contributed by atoms with van der Waals surface area (Å²) in [6.45, 7) is 31.6. The zero-order valence-corrected chi connectivity index (χ0v) is 23.0. The van der Waals surface area contributed by atoms with Gasteiger partial charge in [-0.3, -0.25) is 4.90 Å². The molecule has 0 spiro atoms.